The topological polar surface area (TPSA) is 57.6 Å². The van der Waals surface area contributed by atoms with Crippen LogP contribution in [0.4, 0.5) is 4.79 Å². The molecule has 1 saturated heterocycles. The van der Waals surface area contributed by atoms with E-state index in [9.17, 15) is 14.7 Å². The Morgan fingerprint density at radius 1 is 1.09 bits per heavy atom. The first-order chi connectivity index (χ1) is 11.0. The number of hydrogen-bond donors (Lipinski definition) is 1. The van der Waals surface area contributed by atoms with Gasteiger partial charge < -0.3 is 5.11 Å². The van der Waals surface area contributed by atoms with Gasteiger partial charge in [-0.3, -0.25) is 14.5 Å². The van der Waals surface area contributed by atoms with Crippen LogP contribution < -0.4 is 0 Å². The molecule has 116 valence electrons. The van der Waals surface area contributed by atoms with Crippen LogP contribution in [0.3, 0.4) is 0 Å². The molecular formula is C17H12BrNO3S. The predicted octanol–water partition coefficient (Wildman–Crippen LogP) is 4.39. The minimum Gasteiger partial charge on any atom is -0.508 e. The van der Waals surface area contributed by atoms with Crippen LogP contribution in [0.5, 0.6) is 5.75 Å². The van der Waals surface area contributed by atoms with E-state index in [1.165, 1.54) is 17.0 Å². The number of amides is 2. The molecule has 3 rings (SSSR count). The average molecular weight is 390 g/mol. The molecule has 1 aliphatic heterocycles. The van der Waals surface area contributed by atoms with Crippen LogP contribution in [0.2, 0.25) is 0 Å². The molecule has 0 saturated carbocycles. The highest BCUT2D eigenvalue weighted by molar-refractivity contribution is 9.10. The summed E-state index contributed by atoms with van der Waals surface area (Å²) in [6.07, 6.45) is 1.66. The van der Waals surface area contributed by atoms with Gasteiger partial charge >= 0.3 is 0 Å². The van der Waals surface area contributed by atoms with Crippen LogP contribution >= 0.6 is 27.7 Å². The Balaban J connectivity index is 1.82. The van der Waals surface area contributed by atoms with Gasteiger partial charge in [-0.25, -0.2) is 0 Å². The molecule has 0 spiro atoms. The highest BCUT2D eigenvalue weighted by Gasteiger charge is 2.35. The second-order valence-electron chi connectivity index (χ2n) is 4.95. The molecule has 1 N–H and O–H groups in total. The number of rotatable bonds is 3. The molecule has 0 bridgehead atoms. The summed E-state index contributed by atoms with van der Waals surface area (Å²) in [5.41, 5.74) is 1.63. The van der Waals surface area contributed by atoms with Gasteiger partial charge in [-0.1, -0.05) is 46.3 Å². The molecule has 1 fully saturated rings. The van der Waals surface area contributed by atoms with Crippen molar-refractivity contribution in [3.05, 3.63) is 69.0 Å². The van der Waals surface area contributed by atoms with E-state index in [0.29, 0.717) is 4.91 Å². The Morgan fingerprint density at radius 3 is 2.48 bits per heavy atom. The molecular weight excluding hydrogens is 378 g/mol. The predicted molar refractivity (Wildman–Crippen MR) is 93.8 cm³/mol. The number of carbonyl (C=O) groups excluding carboxylic acids is 2. The third kappa shape index (κ3) is 3.48. The maximum Gasteiger partial charge on any atom is 0.293 e. The molecule has 0 radical (unpaired) electrons. The maximum atomic E-state index is 12.5. The van der Waals surface area contributed by atoms with Crippen LogP contribution in [0.15, 0.2) is 57.9 Å². The van der Waals surface area contributed by atoms with Gasteiger partial charge in [0, 0.05) is 4.47 Å². The number of imide groups is 1. The van der Waals surface area contributed by atoms with Gasteiger partial charge in [0.15, 0.2) is 0 Å². The number of nitrogens with zero attached hydrogens (tertiary/aromatic N) is 1. The van der Waals surface area contributed by atoms with Crippen molar-refractivity contribution in [3.63, 3.8) is 0 Å². The van der Waals surface area contributed by atoms with Crippen LogP contribution in [0.1, 0.15) is 11.1 Å². The largest absolute Gasteiger partial charge is 0.508 e. The Hall–Kier alpha value is -2.05. The highest BCUT2D eigenvalue weighted by Crippen LogP contribution is 2.34. The number of hydrogen-bond acceptors (Lipinski definition) is 4. The molecule has 0 aliphatic carbocycles. The zero-order valence-electron chi connectivity index (χ0n) is 11.9. The molecule has 2 aromatic carbocycles. The smallest absolute Gasteiger partial charge is 0.293 e. The molecule has 1 aliphatic rings. The van der Waals surface area contributed by atoms with Crippen LogP contribution in [-0.4, -0.2) is 21.2 Å². The lowest BCUT2D eigenvalue weighted by molar-refractivity contribution is -0.123. The van der Waals surface area contributed by atoms with E-state index in [0.717, 1.165) is 27.4 Å². The van der Waals surface area contributed by atoms with Gasteiger partial charge in [0.05, 0.1) is 11.4 Å². The second-order valence-corrected chi connectivity index (χ2v) is 6.80. The van der Waals surface area contributed by atoms with Crippen molar-refractivity contribution < 1.29 is 14.7 Å². The third-order valence-electron chi connectivity index (χ3n) is 3.35. The summed E-state index contributed by atoms with van der Waals surface area (Å²) in [5, 5.41) is 9.00. The first-order valence-corrected chi connectivity index (χ1v) is 8.43. The van der Waals surface area contributed by atoms with Gasteiger partial charge in [0.1, 0.15) is 5.75 Å². The van der Waals surface area contributed by atoms with E-state index >= 15 is 0 Å². The van der Waals surface area contributed by atoms with Crippen LogP contribution in [0.25, 0.3) is 6.08 Å². The standard InChI is InChI=1S/C17H12BrNO3S/c18-14-4-2-1-3-12(14)10-19-16(21)15(23-17(19)22)9-11-5-7-13(20)8-6-11/h1-9,20H,10H2/b15-9+. The number of thioether (sulfide) groups is 1. The van der Waals surface area contributed by atoms with Gasteiger partial charge in [-0.15, -0.1) is 0 Å². The van der Waals surface area contributed by atoms with Crippen molar-refractivity contribution in [1.82, 2.24) is 4.90 Å². The summed E-state index contributed by atoms with van der Waals surface area (Å²) >= 11 is 4.35. The number of benzene rings is 2. The number of phenols is 1. The fraction of sp³-hybridized carbons (Fsp3) is 0.0588. The van der Waals surface area contributed by atoms with Crippen LogP contribution in [0, 0.1) is 0 Å². The monoisotopic (exact) mass is 389 g/mol. The lowest BCUT2D eigenvalue weighted by Gasteiger charge is -2.13. The van der Waals surface area contributed by atoms with E-state index < -0.39 is 0 Å². The van der Waals surface area contributed by atoms with Crippen molar-refractivity contribution >= 4 is 44.9 Å². The van der Waals surface area contributed by atoms with Crippen molar-refractivity contribution in [2.75, 3.05) is 0 Å². The van der Waals surface area contributed by atoms with E-state index in [-0.39, 0.29) is 23.4 Å². The summed E-state index contributed by atoms with van der Waals surface area (Å²) < 4.78 is 0.863. The number of aromatic hydroxyl groups is 1. The van der Waals surface area contributed by atoms with E-state index in [4.69, 9.17) is 0 Å². The molecule has 0 unspecified atom stereocenters. The number of phenolic OH excluding ortho intramolecular Hbond substituents is 1. The Morgan fingerprint density at radius 2 is 1.78 bits per heavy atom. The van der Waals surface area contributed by atoms with Gasteiger partial charge in [0.2, 0.25) is 0 Å². The summed E-state index contributed by atoms with van der Waals surface area (Å²) in [6, 6.07) is 14.0. The summed E-state index contributed by atoms with van der Waals surface area (Å²) in [4.78, 5) is 26.2. The SMILES string of the molecule is O=C1S/C(=C/c2ccc(O)cc2)C(=O)N1Cc1ccccc1Br. The Kier molecular flexibility index (Phi) is 4.54. The summed E-state index contributed by atoms with van der Waals surface area (Å²) in [6.45, 7) is 0.235. The fourth-order valence-electron chi connectivity index (χ4n) is 2.16. The summed E-state index contributed by atoms with van der Waals surface area (Å²) in [5.74, 6) is -0.145. The van der Waals surface area contributed by atoms with Gasteiger partial charge in [-0.2, -0.15) is 0 Å². The molecule has 23 heavy (non-hydrogen) atoms. The van der Waals surface area contributed by atoms with Gasteiger partial charge in [-0.05, 0) is 47.2 Å². The van der Waals surface area contributed by atoms with Crippen LogP contribution in [-0.2, 0) is 11.3 Å². The minimum atomic E-state index is -0.302. The first kappa shape index (κ1) is 15.8. The van der Waals surface area contributed by atoms with Crippen molar-refractivity contribution in [2.45, 2.75) is 6.54 Å². The zero-order valence-corrected chi connectivity index (χ0v) is 14.3. The highest BCUT2D eigenvalue weighted by atomic mass is 79.9. The van der Waals surface area contributed by atoms with Crippen molar-refractivity contribution in [1.29, 1.82) is 0 Å². The molecule has 2 amide bonds. The Bertz CT molecular complexity index is 802. The second kappa shape index (κ2) is 6.60. The number of carbonyl (C=O) groups is 2. The number of halogens is 1. The molecule has 6 heteroatoms. The Labute approximate surface area is 145 Å². The molecule has 0 aromatic heterocycles. The van der Waals surface area contributed by atoms with E-state index in [1.807, 2.05) is 24.3 Å². The zero-order chi connectivity index (χ0) is 16.4. The summed E-state index contributed by atoms with van der Waals surface area (Å²) in [7, 11) is 0. The lowest BCUT2D eigenvalue weighted by atomic mass is 10.2. The molecule has 0 atom stereocenters. The maximum absolute atomic E-state index is 12.5. The van der Waals surface area contributed by atoms with Crippen molar-refractivity contribution in [3.8, 4) is 5.75 Å². The van der Waals surface area contributed by atoms with Gasteiger partial charge in [0.25, 0.3) is 11.1 Å². The van der Waals surface area contributed by atoms with Crippen molar-refractivity contribution in [2.24, 2.45) is 0 Å². The minimum absolute atomic E-state index is 0.157. The molecule has 2 aromatic rings. The first-order valence-electron chi connectivity index (χ1n) is 6.82. The molecule has 1 heterocycles. The third-order valence-corrected chi connectivity index (χ3v) is 5.03. The average Bonchev–Trinajstić information content (AvgIpc) is 2.79. The van der Waals surface area contributed by atoms with E-state index in [2.05, 4.69) is 15.9 Å². The quantitative estimate of drug-likeness (QED) is 0.790. The lowest BCUT2D eigenvalue weighted by Crippen LogP contribution is -2.27. The normalized spacial score (nSPS) is 16.4. The fourth-order valence-corrected chi connectivity index (χ4v) is 3.40. The van der Waals surface area contributed by atoms with E-state index in [1.54, 1.807) is 18.2 Å². The molecule has 4 nitrogen and oxygen atoms in total.